The van der Waals surface area contributed by atoms with Gasteiger partial charge in [-0.25, -0.2) is 9.59 Å². The second-order valence-corrected chi connectivity index (χ2v) is 11.1. The van der Waals surface area contributed by atoms with E-state index >= 15 is 0 Å². The van der Waals surface area contributed by atoms with Crippen molar-refractivity contribution in [1.29, 1.82) is 0 Å². The second-order valence-electron chi connectivity index (χ2n) is 11.1. The van der Waals surface area contributed by atoms with Crippen LogP contribution in [-0.4, -0.2) is 63.3 Å². The van der Waals surface area contributed by atoms with E-state index in [-0.39, 0.29) is 30.4 Å². The van der Waals surface area contributed by atoms with E-state index in [4.69, 9.17) is 9.57 Å². The van der Waals surface area contributed by atoms with Gasteiger partial charge in [0, 0.05) is 38.0 Å². The molecule has 204 valence electrons. The van der Waals surface area contributed by atoms with E-state index in [1.165, 1.54) is 0 Å². The molecule has 10 heteroatoms. The summed E-state index contributed by atoms with van der Waals surface area (Å²) in [6.45, 7) is 6.71. The van der Waals surface area contributed by atoms with Crippen LogP contribution in [0.1, 0.15) is 78.3 Å². The number of nitrogens with zero attached hydrogens (tertiary/aromatic N) is 3. The van der Waals surface area contributed by atoms with Crippen LogP contribution < -0.4 is 0 Å². The summed E-state index contributed by atoms with van der Waals surface area (Å²) in [5.41, 5.74) is 1.44. The number of likely N-dealkylation sites (tertiary alicyclic amines) is 1. The summed E-state index contributed by atoms with van der Waals surface area (Å²) in [5, 5.41) is 0.518. The molecule has 10 nitrogen and oxygen atoms in total. The second kappa shape index (κ2) is 9.83. The van der Waals surface area contributed by atoms with E-state index in [9.17, 15) is 24.0 Å². The molecular weight excluding hydrogens is 502 g/mol. The van der Waals surface area contributed by atoms with Crippen LogP contribution in [-0.2, 0) is 31.2 Å². The highest BCUT2D eigenvalue weighted by Gasteiger charge is 2.51. The highest BCUT2D eigenvalue weighted by Crippen LogP contribution is 2.47. The topological polar surface area (TPSA) is 114 Å². The van der Waals surface area contributed by atoms with Crippen molar-refractivity contribution in [2.75, 3.05) is 13.1 Å². The lowest BCUT2D eigenvalue weighted by molar-refractivity contribution is -0.172. The third-order valence-corrected chi connectivity index (χ3v) is 7.37. The molecule has 0 N–H and O–H groups in total. The van der Waals surface area contributed by atoms with Crippen LogP contribution in [0.15, 0.2) is 48.5 Å². The normalized spacial score (nSPS) is 18.5. The van der Waals surface area contributed by atoms with Gasteiger partial charge in [0.05, 0.1) is 11.1 Å². The Labute approximate surface area is 226 Å². The van der Waals surface area contributed by atoms with E-state index in [1.807, 2.05) is 49.9 Å². The molecule has 3 heterocycles. The van der Waals surface area contributed by atoms with E-state index in [1.54, 1.807) is 29.2 Å². The molecule has 0 unspecified atom stereocenters. The number of carbonyl (C=O) groups is 5. The van der Waals surface area contributed by atoms with Crippen molar-refractivity contribution < 1.29 is 33.5 Å². The first-order valence-electron chi connectivity index (χ1n) is 13.0. The van der Waals surface area contributed by atoms with Crippen LogP contribution in [0.25, 0.3) is 0 Å². The molecule has 39 heavy (non-hydrogen) atoms. The zero-order valence-electron chi connectivity index (χ0n) is 22.3. The Balaban J connectivity index is 1.33. The van der Waals surface area contributed by atoms with Crippen LogP contribution in [0.5, 0.6) is 0 Å². The van der Waals surface area contributed by atoms with Gasteiger partial charge in [-0.05, 0) is 62.9 Å². The maximum Gasteiger partial charge on any atom is 0.410 e. The molecule has 2 aromatic rings. The third kappa shape index (κ3) is 4.98. The summed E-state index contributed by atoms with van der Waals surface area (Å²) >= 11 is 0. The number of imide groups is 1. The van der Waals surface area contributed by atoms with E-state index in [0.717, 1.165) is 11.1 Å². The van der Waals surface area contributed by atoms with Crippen LogP contribution in [0.4, 0.5) is 4.79 Å². The fraction of sp³-hybridized carbons (Fsp3) is 0.414. The summed E-state index contributed by atoms with van der Waals surface area (Å²) in [6.07, 6.45) is 0.818. The van der Waals surface area contributed by atoms with Gasteiger partial charge in [-0.3, -0.25) is 14.4 Å². The first kappa shape index (κ1) is 26.4. The minimum absolute atomic E-state index is 0.0224. The monoisotopic (exact) mass is 533 g/mol. The number of rotatable bonds is 4. The standard InChI is InChI=1S/C29H31N3O7/c1-28(2,3)38-27(37)30-16-14-29(15-17-30)22-7-5-4-6-21(22)25(35)31(29)18-19-8-10-20(11-9-19)26(36)39-32-23(33)12-13-24(32)34/h4-11H,12-18H2,1-3H3. The quantitative estimate of drug-likeness (QED) is 0.550. The highest BCUT2D eigenvalue weighted by molar-refractivity contribution is 6.03. The van der Waals surface area contributed by atoms with Gasteiger partial charge < -0.3 is 19.4 Å². The third-order valence-electron chi connectivity index (χ3n) is 7.37. The van der Waals surface area contributed by atoms with Gasteiger partial charge in [0.15, 0.2) is 0 Å². The predicted molar refractivity (Wildman–Crippen MR) is 138 cm³/mol. The van der Waals surface area contributed by atoms with E-state index in [2.05, 4.69) is 0 Å². The van der Waals surface area contributed by atoms with Gasteiger partial charge in [0.2, 0.25) is 0 Å². The Hall–Kier alpha value is -4.21. The number of hydroxylamine groups is 2. The number of hydrogen-bond donors (Lipinski definition) is 0. The van der Waals surface area contributed by atoms with E-state index < -0.39 is 28.9 Å². The molecule has 0 radical (unpaired) electrons. The molecule has 0 aliphatic carbocycles. The molecule has 4 amide bonds. The Morgan fingerprint density at radius 1 is 0.897 bits per heavy atom. The zero-order valence-corrected chi connectivity index (χ0v) is 22.3. The van der Waals surface area contributed by atoms with Crippen molar-refractivity contribution >= 4 is 29.8 Å². The van der Waals surface area contributed by atoms with Crippen LogP contribution in [0.3, 0.4) is 0 Å². The first-order chi connectivity index (χ1) is 18.5. The lowest BCUT2D eigenvalue weighted by Crippen LogP contribution is -2.52. The van der Waals surface area contributed by atoms with Crippen molar-refractivity contribution in [3.8, 4) is 0 Å². The summed E-state index contributed by atoms with van der Waals surface area (Å²) < 4.78 is 5.55. The average molecular weight is 534 g/mol. The number of fused-ring (bicyclic) bond motifs is 2. The SMILES string of the molecule is CC(C)(C)OC(=O)N1CCC2(CC1)c1ccccc1C(=O)N2Cc1ccc(C(=O)ON2C(=O)CCC2=O)cc1. The maximum atomic E-state index is 13.6. The summed E-state index contributed by atoms with van der Waals surface area (Å²) in [6, 6.07) is 14.1. The predicted octanol–water partition coefficient (Wildman–Crippen LogP) is 3.79. The lowest BCUT2D eigenvalue weighted by Gasteiger charge is -2.45. The molecule has 1 spiro atoms. The molecule has 0 saturated carbocycles. The Morgan fingerprint density at radius 3 is 2.13 bits per heavy atom. The molecule has 3 aliphatic heterocycles. The molecule has 2 saturated heterocycles. The van der Waals surface area contributed by atoms with Crippen LogP contribution >= 0.6 is 0 Å². The van der Waals surface area contributed by atoms with Crippen LogP contribution in [0, 0.1) is 0 Å². The Kier molecular flexibility index (Phi) is 6.65. The smallest absolute Gasteiger partial charge is 0.410 e. The molecule has 0 atom stereocenters. The fourth-order valence-corrected chi connectivity index (χ4v) is 5.43. The molecular formula is C29H31N3O7. The number of ether oxygens (including phenoxy) is 1. The average Bonchev–Trinajstić information content (AvgIpc) is 3.33. The Morgan fingerprint density at radius 2 is 1.51 bits per heavy atom. The largest absolute Gasteiger partial charge is 0.444 e. The molecule has 2 fully saturated rings. The molecule has 5 rings (SSSR count). The van der Waals surface area contributed by atoms with Crippen molar-refractivity contribution in [2.45, 2.75) is 64.1 Å². The number of piperidine rings is 1. The fourth-order valence-electron chi connectivity index (χ4n) is 5.43. The maximum absolute atomic E-state index is 13.6. The van der Waals surface area contributed by atoms with Gasteiger partial charge in [-0.2, -0.15) is 0 Å². The van der Waals surface area contributed by atoms with E-state index in [0.29, 0.717) is 43.1 Å². The molecule has 3 aliphatic rings. The Bertz CT molecular complexity index is 1320. The van der Waals surface area contributed by atoms with Gasteiger partial charge in [-0.1, -0.05) is 30.3 Å². The zero-order chi connectivity index (χ0) is 27.9. The van der Waals surface area contributed by atoms with Gasteiger partial charge in [0.25, 0.3) is 17.7 Å². The van der Waals surface area contributed by atoms with Gasteiger partial charge >= 0.3 is 12.1 Å². The van der Waals surface area contributed by atoms with Crippen molar-refractivity contribution in [1.82, 2.24) is 14.9 Å². The summed E-state index contributed by atoms with van der Waals surface area (Å²) in [4.78, 5) is 70.8. The highest BCUT2D eigenvalue weighted by atomic mass is 16.7. The minimum Gasteiger partial charge on any atom is -0.444 e. The van der Waals surface area contributed by atoms with Crippen LogP contribution in [0.2, 0.25) is 0 Å². The van der Waals surface area contributed by atoms with Gasteiger partial charge in [-0.15, -0.1) is 5.06 Å². The molecule has 0 bridgehead atoms. The molecule has 0 aromatic heterocycles. The summed E-state index contributed by atoms with van der Waals surface area (Å²) in [5.74, 6) is -1.97. The van der Waals surface area contributed by atoms with Crippen molar-refractivity contribution in [3.63, 3.8) is 0 Å². The first-order valence-corrected chi connectivity index (χ1v) is 13.0. The minimum atomic E-state index is -0.805. The summed E-state index contributed by atoms with van der Waals surface area (Å²) in [7, 11) is 0. The number of hydrogen-bond acceptors (Lipinski definition) is 7. The molecule has 2 aromatic carbocycles. The van der Waals surface area contributed by atoms with Crippen molar-refractivity contribution in [2.24, 2.45) is 0 Å². The number of amides is 4. The number of carbonyl (C=O) groups excluding carboxylic acids is 5. The van der Waals surface area contributed by atoms with Gasteiger partial charge in [0.1, 0.15) is 5.60 Å². The van der Waals surface area contributed by atoms with Crippen molar-refractivity contribution in [3.05, 3.63) is 70.8 Å². The lowest BCUT2D eigenvalue weighted by atomic mass is 9.80. The number of benzene rings is 2.